The summed E-state index contributed by atoms with van der Waals surface area (Å²) >= 11 is 3.80. The van der Waals surface area contributed by atoms with Crippen molar-refractivity contribution in [2.24, 2.45) is 0 Å². The quantitative estimate of drug-likeness (QED) is 0.729. The van der Waals surface area contributed by atoms with Crippen LogP contribution in [0.3, 0.4) is 0 Å². The van der Waals surface area contributed by atoms with Crippen molar-refractivity contribution in [3.63, 3.8) is 0 Å². The highest BCUT2D eigenvalue weighted by molar-refractivity contribution is 7.98. The molecule has 2 fully saturated rings. The molecule has 5 rings (SSSR count). The first-order chi connectivity index (χ1) is 14.3. The Balaban J connectivity index is 1.28. The molecule has 0 aliphatic carbocycles. The summed E-state index contributed by atoms with van der Waals surface area (Å²) in [6.45, 7) is 8.56. The summed E-state index contributed by atoms with van der Waals surface area (Å²) in [6.07, 6.45) is 7.87. The molecule has 0 bridgehead atoms. The third-order valence-corrected chi connectivity index (χ3v) is 8.86. The average molecular weight is 431 g/mol. The number of carbonyl (C=O) groups is 1. The molecule has 5 nitrogen and oxygen atoms in total. The van der Waals surface area contributed by atoms with Crippen LogP contribution >= 0.6 is 23.1 Å². The number of hydrogen-bond donors (Lipinski definition) is 0. The fraction of sp³-hybridized carbons (Fsp3) is 0.591. The van der Waals surface area contributed by atoms with Crippen molar-refractivity contribution in [2.75, 3.05) is 58.1 Å². The summed E-state index contributed by atoms with van der Waals surface area (Å²) in [6, 6.07) is 4.09. The van der Waals surface area contributed by atoms with Crippen molar-refractivity contribution in [3.05, 3.63) is 40.5 Å². The normalized spacial score (nSPS) is 20.9. The van der Waals surface area contributed by atoms with Gasteiger partial charge < -0.3 is 14.4 Å². The maximum atomic E-state index is 13.6. The SMILES string of the molecule is O=C(c1c(-n2cccc2)sc2c1CCSC2)N1CCN(CCN2CCCC2)CC1. The summed E-state index contributed by atoms with van der Waals surface area (Å²) in [5.74, 6) is 2.42. The lowest BCUT2D eigenvalue weighted by Crippen LogP contribution is -2.50. The maximum Gasteiger partial charge on any atom is 0.257 e. The van der Waals surface area contributed by atoms with Crippen molar-refractivity contribution in [3.8, 4) is 5.00 Å². The second kappa shape index (κ2) is 8.84. The standard InChI is InChI=1S/C22H30N4OS2/c27-21(25-14-12-24(13-15-25)11-10-23-6-1-2-7-23)20-18-5-16-28-17-19(18)29-22(20)26-8-3-4-9-26/h3-4,8-9H,1-2,5-7,10-17H2. The van der Waals surface area contributed by atoms with E-state index in [1.807, 2.05) is 35.2 Å². The van der Waals surface area contributed by atoms with Gasteiger partial charge in [-0.1, -0.05) is 0 Å². The van der Waals surface area contributed by atoms with Gasteiger partial charge in [0.05, 0.1) is 5.56 Å². The van der Waals surface area contributed by atoms with Crippen LogP contribution in [0.5, 0.6) is 0 Å². The first-order valence-electron chi connectivity index (χ1n) is 10.9. The van der Waals surface area contributed by atoms with Gasteiger partial charge >= 0.3 is 0 Å². The molecule has 29 heavy (non-hydrogen) atoms. The molecule has 156 valence electrons. The highest BCUT2D eigenvalue weighted by Gasteiger charge is 2.31. The molecule has 2 aromatic heterocycles. The molecule has 0 spiro atoms. The second-order valence-electron chi connectivity index (χ2n) is 8.26. The summed E-state index contributed by atoms with van der Waals surface area (Å²) in [4.78, 5) is 22.2. The van der Waals surface area contributed by atoms with E-state index in [2.05, 4.69) is 31.7 Å². The number of likely N-dealkylation sites (tertiary alicyclic amines) is 1. The van der Waals surface area contributed by atoms with E-state index in [1.54, 1.807) is 0 Å². The van der Waals surface area contributed by atoms with Crippen molar-refractivity contribution < 1.29 is 4.79 Å². The topological polar surface area (TPSA) is 31.7 Å². The van der Waals surface area contributed by atoms with Gasteiger partial charge in [-0.05, 0) is 55.8 Å². The predicted octanol–water partition coefficient (Wildman–Crippen LogP) is 3.18. The number of piperazine rings is 1. The summed E-state index contributed by atoms with van der Waals surface area (Å²) in [7, 11) is 0. The van der Waals surface area contributed by atoms with Gasteiger partial charge in [0, 0.05) is 62.3 Å². The molecular weight excluding hydrogens is 400 g/mol. The van der Waals surface area contributed by atoms with E-state index in [9.17, 15) is 4.79 Å². The van der Waals surface area contributed by atoms with Crippen LogP contribution in [0.2, 0.25) is 0 Å². The Morgan fingerprint density at radius 3 is 2.34 bits per heavy atom. The fourth-order valence-corrected chi connectivity index (χ4v) is 7.15. The minimum absolute atomic E-state index is 0.247. The Labute approximate surface area is 181 Å². The van der Waals surface area contributed by atoms with Gasteiger partial charge in [-0.15, -0.1) is 11.3 Å². The molecular formula is C22H30N4OS2. The van der Waals surface area contributed by atoms with Crippen LogP contribution in [0.15, 0.2) is 24.5 Å². The lowest BCUT2D eigenvalue weighted by Gasteiger charge is -2.35. The molecule has 0 saturated carbocycles. The summed E-state index contributed by atoms with van der Waals surface area (Å²) in [5, 5.41) is 1.11. The number of fused-ring (bicyclic) bond motifs is 1. The maximum absolute atomic E-state index is 13.6. The first kappa shape index (κ1) is 19.7. The number of hydrogen-bond acceptors (Lipinski definition) is 5. The molecule has 0 N–H and O–H groups in total. The van der Waals surface area contributed by atoms with Crippen molar-refractivity contribution in [2.45, 2.75) is 25.0 Å². The average Bonchev–Trinajstić information content (AvgIpc) is 3.52. The van der Waals surface area contributed by atoms with Gasteiger partial charge in [-0.2, -0.15) is 11.8 Å². The third-order valence-electron chi connectivity index (χ3n) is 6.45. The van der Waals surface area contributed by atoms with Crippen LogP contribution in [0.4, 0.5) is 0 Å². The predicted molar refractivity (Wildman–Crippen MR) is 122 cm³/mol. The zero-order valence-electron chi connectivity index (χ0n) is 17.0. The number of thioether (sulfide) groups is 1. The molecule has 2 aromatic rings. The zero-order chi connectivity index (χ0) is 19.6. The van der Waals surface area contributed by atoms with Crippen LogP contribution < -0.4 is 0 Å². The number of rotatable bonds is 5. The molecule has 2 saturated heterocycles. The largest absolute Gasteiger partial charge is 0.336 e. The van der Waals surface area contributed by atoms with Gasteiger partial charge in [-0.3, -0.25) is 9.69 Å². The van der Waals surface area contributed by atoms with Crippen molar-refractivity contribution >= 4 is 29.0 Å². The lowest BCUT2D eigenvalue weighted by atomic mass is 10.1. The number of thiophene rings is 1. The Morgan fingerprint density at radius 1 is 0.931 bits per heavy atom. The van der Waals surface area contributed by atoms with Crippen LogP contribution in [-0.4, -0.2) is 83.3 Å². The van der Waals surface area contributed by atoms with Crippen LogP contribution in [0.25, 0.3) is 5.00 Å². The van der Waals surface area contributed by atoms with E-state index in [-0.39, 0.29) is 5.91 Å². The Morgan fingerprint density at radius 2 is 1.62 bits per heavy atom. The fourth-order valence-electron chi connectivity index (χ4n) is 4.71. The number of amides is 1. The molecule has 0 radical (unpaired) electrons. The number of nitrogens with zero attached hydrogens (tertiary/aromatic N) is 4. The molecule has 0 unspecified atom stereocenters. The zero-order valence-corrected chi connectivity index (χ0v) is 18.6. The Bertz CT molecular complexity index is 833. The van der Waals surface area contributed by atoms with Gasteiger partial charge in [0.15, 0.2) is 0 Å². The summed E-state index contributed by atoms with van der Waals surface area (Å²) < 4.78 is 2.13. The highest BCUT2D eigenvalue weighted by Crippen LogP contribution is 2.39. The molecule has 3 aliphatic heterocycles. The molecule has 5 heterocycles. The van der Waals surface area contributed by atoms with E-state index >= 15 is 0 Å². The van der Waals surface area contributed by atoms with Gasteiger partial charge in [0.25, 0.3) is 5.91 Å². The van der Waals surface area contributed by atoms with Gasteiger partial charge in [0.1, 0.15) is 5.00 Å². The second-order valence-corrected chi connectivity index (χ2v) is 10.4. The van der Waals surface area contributed by atoms with Crippen molar-refractivity contribution in [1.29, 1.82) is 0 Å². The molecule has 0 aromatic carbocycles. The summed E-state index contributed by atoms with van der Waals surface area (Å²) in [5.41, 5.74) is 2.30. The smallest absolute Gasteiger partial charge is 0.257 e. The molecule has 3 aliphatic rings. The number of aromatic nitrogens is 1. The van der Waals surface area contributed by atoms with Gasteiger partial charge in [0.2, 0.25) is 0 Å². The number of carbonyl (C=O) groups excluding carboxylic acids is 1. The minimum Gasteiger partial charge on any atom is -0.336 e. The monoisotopic (exact) mass is 430 g/mol. The minimum atomic E-state index is 0.247. The lowest BCUT2D eigenvalue weighted by molar-refractivity contribution is 0.0626. The Hall–Kier alpha value is -1.28. The van der Waals surface area contributed by atoms with Gasteiger partial charge in [-0.25, -0.2) is 0 Å². The van der Waals surface area contributed by atoms with Crippen LogP contribution in [0.1, 0.15) is 33.6 Å². The Kier molecular flexibility index (Phi) is 5.99. The third kappa shape index (κ3) is 4.15. The van der Waals surface area contributed by atoms with E-state index in [4.69, 9.17) is 0 Å². The molecule has 0 atom stereocenters. The van der Waals surface area contributed by atoms with Crippen LogP contribution in [-0.2, 0) is 12.2 Å². The van der Waals surface area contributed by atoms with E-state index in [1.165, 1.54) is 42.9 Å². The van der Waals surface area contributed by atoms with E-state index < -0.39 is 0 Å². The first-order valence-corrected chi connectivity index (χ1v) is 12.9. The molecule has 7 heteroatoms. The van der Waals surface area contributed by atoms with Crippen molar-refractivity contribution in [1.82, 2.24) is 19.3 Å². The highest BCUT2D eigenvalue weighted by atomic mass is 32.2. The van der Waals surface area contributed by atoms with E-state index in [0.717, 1.165) is 61.2 Å². The van der Waals surface area contributed by atoms with Crippen LogP contribution in [0, 0.1) is 0 Å². The molecule has 1 amide bonds. The van der Waals surface area contributed by atoms with E-state index in [0.29, 0.717) is 0 Å².